The molecule has 0 fully saturated rings. The summed E-state index contributed by atoms with van der Waals surface area (Å²) in [6, 6.07) is 9.31. The zero-order valence-corrected chi connectivity index (χ0v) is 13.8. The molecule has 0 aliphatic heterocycles. The first-order valence-electron chi connectivity index (χ1n) is 6.73. The van der Waals surface area contributed by atoms with Crippen LogP contribution in [0.4, 0.5) is 18.9 Å². The SMILES string of the molecule is CN(CC(=O)Nc1ccc(F)c(F)c1F)Cc1ccccc1Br. The van der Waals surface area contributed by atoms with Crippen molar-refractivity contribution in [1.82, 2.24) is 4.90 Å². The Balaban J connectivity index is 1.97. The number of likely N-dealkylation sites (N-methyl/N-ethyl adjacent to an activating group) is 1. The van der Waals surface area contributed by atoms with Crippen LogP contribution >= 0.6 is 15.9 Å². The summed E-state index contributed by atoms with van der Waals surface area (Å²) in [7, 11) is 1.72. The molecule has 2 aromatic carbocycles. The van der Waals surface area contributed by atoms with Crippen molar-refractivity contribution in [3.8, 4) is 0 Å². The van der Waals surface area contributed by atoms with Gasteiger partial charge in [0.2, 0.25) is 5.91 Å². The predicted octanol–water partition coefficient (Wildman–Crippen LogP) is 3.94. The van der Waals surface area contributed by atoms with Crippen LogP contribution in [0.3, 0.4) is 0 Å². The number of amides is 1. The maximum atomic E-state index is 13.5. The number of anilines is 1. The van der Waals surface area contributed by atoms with Gasteiger partial charge in [0.05, 0.1) is 12.2 Å². The Labute approximate surface area is 140 Å². The van der Waals surface area contributed by atoms with Crippen LogP contribution in [-0.2, 0) is 11.3 Å². The third-order valence-electron chi connectivity index (χ3n) is 3.12. The molecule has 2 aromatic rings. The van der Waals surface area contributed by atoms with Gasteiger partial charge in [-0.3, -0.25) is 9.69 Å². The van der Waals surface area contributed by atoms with Gasteiger partial charge >= 0.3 is 0 Å². The third kappa shape index (κ3) is 4.56. The minimum absolute atomic E-state index is 0.0280. The summed E-state index contributed by atoms with van der Waals surface area (Å²) in [5.41, 5.74) is 0.602. The lowest BCUT2D eigenvalue weighted by Gasteiger charge is -2.17. The minimum Gasteiger partial charge on any atom is -0.322 e. The van der Waals surface area contributed by atoms with Crippen LogP contribution in [-0.4, -0.2) is 24.4 Å². The molecule has 23 heavy (non-hydrogen) atoms. The Hall–Kier alpha value is -1.86. The molecule has 7 heteroatoms. The lowest BCUT2D eigenvalue weighted by molar-refractivity contribution is -0.117. The second kappa shape index (κ2) is 7.61. The second-order valence-electron chi connectivity index (χ2n) is 5.03. The van der Waals surface area contributed by atoms with Crippen molar-refractivity contribution < 1.29 is 18.0 Å². The average Bonchev–Trinajstić information content (AvgIpc) is 2.50. The maximum Gasteiger partial charge on any atom is 0.238 e. The average molecular weight is 387 g/mol. The fraction of sp³-hybridized carbons (Fsp3) is 0.188. The van der Waals surface area contributed by atoms with Crippen molar-refractivity contribution in [2.45, 2.75) is 6.54 Å². The van der Waals surface area contributed by atoms with Crippen molar-refractivity contribution in [3.05, 3.63) is 63.9 Å². The molecule has 0 atom stereocenters. The van der Waals surface area contributed by atoms with Crippen LogP contribution in [0.5, 0.6) is 0 Å². The third-order valence-corrected chi connectivity index (χ3v) is 3.89. The van der Waals surface area contributed by atoms with E-state index in [4.69, 9.17) is 0 Å². The van der Waals surface area contributed by atoms with Crippen LogP contribution in [0.25, 0.3) is 0 Å². The number of hydrogen-bond acceptors (Lipinski definition) is 2. The van der Waals surface area contributed by atoms with E-state index in [-0.39, 0.29) is 12.2 Å². The molecule has 0 aliphatic carbocycles. The van der Waals surface area contributed by atoms with Gasteiger partial charge in [-0.25, -0.2) is 13.2 Å². The Morgan fingerprint density at radius 3 is 2.52 bits per heavy atom. The highest BCUT2D eigenvalue weighted by molar-refractivity contribution is 9.10. The van der Waals surface area contributed by atoms with E-state index in [0.29, 0.717) is 6.54 Å². The van der Waals surface area contributed by atoms with Gasteiger partial charge in [-0.15, -0.1) is 0 Å². The van der Waals surface area contributed by atoms with E-state index >= 15 is 0 Å². The van der Waals surface area contributed by atoms with Gasteiger partial charge in [0.1, 0.15) is 0 Å². The summed E-state index contributed by atoms with van der Waals surface area (Å²) in [5.74, 6) is -4.84. The lowest BCUT2D eigenvalue weighted by atomic mass is 10.2. The van der Waals surface area contributed by atoms with Crippen LogP contribution in [0.1, 0.15) is 5.56 Å². The largest absolute Gasteiger partial charge is 0.322 e. The Morgan fingerprint density at radius 1 is 1.13 bits per heavy atom. The quantitative estimate of drug-likeness (QED) is 0.789. The molecular formula is C16H14BrF3N2O. The highest BCUT2D eigenvalue weighted by Crippen LogP contribution is 2.20. The number of halogens is 4. The zero-order chi connectivity index (χ0) is 17.0. The highest BCUT2D eigenvalue weighted by atomic mass is 79.9. The van der Waals surface area contributed by atoms with E-state index in [1.54, 1.807) is 11.9 Å². The number of nitrogens with one attached hydrogen (secondary N) is 1. The fourth-order valence-corrected chi connectivity index (χ4v) is 2.44. The molecule has 0 heterocycles. The van der Waals surface area contributed by atoms with E-state index < -0.39 is 23.4 Å². The van der Waals surface area contributed by atoms with Gasteiger partial charge in [-0.2, -0.15) is 0 Å². The summed E-state index contributed by atoms with van der Waals surface area (Å²) < 4.78 is 40.4. The van der Waals surface area contributed by atoms with Crippen molar-refractivity contribution in [2.75, 3.05) is 18.9 Å². The number of carbonyl (C=O) groups is 1. The van der Waals surface area contributed by atoms with Gasteiger partial charge in [-0.1, -0.05) is 34.1 Å². The van der Waals surface area contributed by atoms with E-state index in [9.17, 15) is 18.0 Å². The van der Waals surface area contributed by atoms with E-state index in [2.05, 4.69) is 21.2 Å². The van der Waals surface area contributed by atoms with Crippen LogP contribution < -0.4 is 5.32 Å². The molecule has 0 aliphatic rings. The molecule has 1 N–H and O–H groups in total. The molecule has 0 bridgehead atoms. The number of hydrogen-bond donors (Lipinski definition) is 1. The Morgan fingerprint density at radius 2 is 1.83 bits per heavy atom. The summed E-state index contributed by atoms with van der Waals surface area (Å²) in [5, 5.41) is 2.24. The maximum absolute atomic E-state index is 13.5. The number of nitrogens with zero attached hydrogens (tertiary/aromatic N) is 1. The monoisotopic (exact) mass is 386 g/mol. The first-order chi connectivity index (χ1) is 10.9. The molecule has 0 radical (unpaired) electrons. The summed E-state index contributed by atoms with van der Waals surface area (Å²) >= 11 is 3.42. The standard InChI is InChI=1S/C16H14BrF3N2O/c1-22(8-10-4-2-3-5-11(10)17)9-14(23)21-13-7-6-12(18)15(19)16(13)20/h2-7H,8-9H2,1H3,(H,21,23). The minimum atomic E-state index is -1.61. The van der Waals surface area contributed by atoms with Gasteiger partial charge < -0.3 is 5.32 Å². The second-order valence-corrected chi connectivity index (χ2v) is 5.89. The normalized spacial score (nSPS) is 10.9. The molecular weight excluding hydrogens is 373 g/mol. The molecule has 3 nitrogen and oxygen atoms in total. The molecule has 122 valence electrons. The number of carbonyl (C=O) groups excluding carboxylic acids is 1. The summed E-state index contributed by atoms with van der Waals surface area (Å²) in [4.78, 5) is 13.6. The first kappa shape index (κ1) is 17.5. The number of benzene rings is 2. The summed E-state index contributed by atoms with van der Waals surface area (Å²) in [6.07, 6.45) is 0. The van der Waals surface area contributed by atoms with Gasteiger partial charge in [0.25, 0.3) is 0 Å². The number of rotatable bonds is 5. The van der Waals surface area contributed by atoms with Crippen molar-refractivity contribution in [2.24, 2.45) is 0 Å². The van der Waals surface area contributed by atoms with Crippen molar-refractivity contribution in [1.29, 1.82) is 0 Å². The topological polar surface area (TPSA) is 32.3 Å². The Kier molecular flexibility index (Phi) is 5.79. The highest BCUT2D eigenvalue weighted by Gasteiger charge is 2.16. The van der Waals surface area contributed by atoms with Crippen LogP contribution in [0.15, 0.2) is 40.9 Å². The fourth-order valence-electron chi connectivity index (χ4n) is 2.03. The molecule has 0 unspecified atom stereocenters. The summed E-state index contributed by atoms with van der Waals surface area (Å²) in [6.45, 7) is 0.467. The van der Waals surface area contributed by atoms with Gasteiger partial charge in [-0.05, 0) is 30.8 Å². The zero-order valence-electron chi connectivity index (χ0n) is 12.2. The molecule has 0 saturated heterocycles. The molecule has 0 spiro atoms. The van der Waals surface area contributed by atoms with Gasteiger partial charge in [0, 0.05) is 11.0 Å². The molecule has 0 saturated carbocycles. The van der Waals surface area contributed by atoms with E-state index in [1.807, 2.05) is 24.3 Å². The van der Waals surface area contributed by atoms with Crippen LogP contribution in [0.2, 0.25) is 0 Å². The lowest BCUT2D eigenvalue weighted by Crippen LogP contribution is -2.30. The van der Waals surface area contributed by atoms with E-state index in [1.165, 1.54) is 0 Å². The molecule has 0 aromatic heterocycles. The predicted molar refractivity (Wildman–Crippen MR) is 85.4 cm³/mol. The van der Waals surface area contributed by atoms with Gasteiger partial charge in [0.15, 0.2) is 17.5 Å². The molecule has 1 amide bonds. The van der Waals surface area contributed by atoms with Crippen LogP contribution in [0, 0.1) is 17.5 Å². The first-order valence-corrected chi connectivity index (χ1v) is 7.53. The Bertz CT molecular complexity index is 724. The van der Waals surface area contributed by atoms with Crippen molar-refractivity contribution >= 4 is 27.5 Å². The van der Waals surface area contributed by atoms with Crippen molar-refractivity contribution in [3.63, 3.8) is 0 Å². The van der Waals surface area contributed by atoms with E-state index in [0.717, 1.165) is 22.2 Å². The smallest absolute Gasteiger partial charge is 0.238 e. The molecule has 2 rings (SSSR count).